The first-order valence-electron chi connectivity index (χ1n) is 9.64. The van der Waals surface area contributed by atoms with Crippen LogP contribution in [-0.4, -0.2) is 28.4 Å². The molecule has 2 N–H and O–H groups in total. The van der Waals surface area contributed by atoms with Gasteiger partial charge >= 0.3 is 0 Å². The van der Waals surface area contributed by atoms with E-state index in [2.05, 4.69) is 15.7 Å². The molecule has 0 radical (unpaired) electrons. The number of nitrogens with one attached hydrogen (secondary N) is 2. The zero-order valence-corrected chi connectivity index (χ0v) is 16.7. The van der Waals surface area contributed by atoms with E-state index in [9.17, 15) is 9.59 Å². The number of anilines is 1. The van der Waals surface area contributed by atoms with E-state index in [1.807, 2.05) is 48.5 Å². The molecule has 2 aromatic carbocycles. The van der Waals surface area contributed by atoms with Gasteiger partial charge in [-0.25, -0.2) is 4.68 Å². The smallest absolute Gasteiger partial charge is 0.272 e. The number of rotatable bonds is 6. The largest absolute Gasteiger partial charge is 0.454 e. The van der Waals surface area contributed by atoms with Crippen molar-refractivity contribution < 1.29 is 19.1 Å². The second kappa shape index (κ2) is 8.28. The van der Waals surface area contributed by atoms with E-state index in [0.29, 0.717) is 23.9 Å². The molecule has 0 aliphatic carbocycles. The third-order valence-electron chi connectivity index (χ3n) is 4.61. The van der Waals surface area contributed by atoms with Gasteiger partial charge in [-0.15, -0.1) is 0 Å². The van der Waals surface area contributed by atoms with Gasteiger partial charge in [-0.3, -0.25) is 9.59 Å². The van der Waals surface area contributed by atoms with Crippen molar-refractivity contribution in [1.29, 1.82) is 0 Å². The lowest BCUT2D eigenvalue weighted by molar-refractivity contribution is -0.118. The van der Waals surface area contributed by atoms with E-state index in [0.717, 1.165) is 11.3 Å². The fourth-order valence-electron chi connectivity index (χ4n) is 2.94. The topological polar surface area (TPSA) is 94.5 Å². The van der Waals surface area contributed by atoms with Crippen LogP contribution in [0.5, 0.6) is 11.5 Å². The second-order valence-electron chi connectivity index (χ2n) is 7.18. The van der Waals surface area contributed by atoms with Gasteiger partial charge in [0, 0.05) is 18.5 Å². The predicted molar refractivity (Wildman–Crippen MR) is 111 cm³/mol. The highest BCUT2D eigenvalue weighted by Crippen LogP contribution is 2.32. The molecular weight excluding hydrogens is 384 g/mol. The van der Waals surface area contributed by atoms with Crippen molar-refractivity contribution in [1.82, 2.24) is 15.1 Å². The van der Waals surface area contributed by atoms with Crippen molar-refractivity contribution in [3.8, 4) is 17.2 Å². The number of fused-ring (bicyclic) bond motifs is 1. The summed E-state index contributed by atoms with van der Waals surface area (Å²) in [6.07, 6.45) is 0. The second-order valence-corrected chi connectivity index (χ2v) is 7.18. The normalized spacial score (nSPS) is 12.1. The molecule has 0 fully saturated rings. The fraction of sp³-hybridized carbons (Fsp3) is 0.227. The number of hydrogen-bond acceptors (Lipinski definition) is 5. The van der Waals surface area contributed by atoms with E-state index < -0.39 is 0 Å². The first-order valence-corrected chi connectivity index (χ1v) is 9.64. The Kier molecular flexibility index (Phi) is 5.38. The summed E-state index contributed by atoms with van der Waals surface area (Å²) in [6, 6.07) is 16.4. The molecule has 2 heterocycles. The van der Waals surface area contributed by atoms with Crippen LogP contribution in [0.4, 0.5) is 5.82 Å². The molecule has 1 aromatic heterocycles. The van der Waals surface area contributed by atoms with E-state index in [1.165, 1.54) is 0 Å². The number of carbonyl (C=O) groups is 2. The number of carbonyl (C=O) groups excluding carboxylic acids is 2. The third-order valence-corrected chi connectivity index (χ3v) is 4.61. The van der Waals surface area contributed by atoms with Crippen LogP contribution in [0.25, 0.3) is 5.69 Å². The van der Waals surface area contributed by atoms with Gasteiger partial charge in [-0.2, -0.15) is 5.10 Å². The first kappa shape index (κ1) is 19.5. The molecule has 3 aromatic rings. The lowest BCUT2D eigenvalue weighted by Gasteiger charge is -2.10. The van der Waals surface area contributed by atoms with Crippen molar-refractivity contribution in [2.45, 2.75) is 20.4 Å². The quantitative estimate of drug-likeness (QED) is 0.656. The van der Waals surface area contributed by atoms with Crippen molar-refractivity contribution >= 4 is 17.6 Å². The average molecular weight is 406 g/mol. The molecule has 1 aliphatic rings. The average Bonchev–Trinajstić information content (AvgIpc) is 3.39. The highest BCUT2D eigenvalue weighted by atomic mass is 16.7. The van der Waals surface area contributed by atoms with Gasteiger partial charge in [0.1, 0.15) is 5.82 Å². The molecule has 4 rings (SSSR count). The van der Waals surface area contributed by atoms with E-state index in [1.54, 1.807) is 24.6 Å². The molecule has 0 bridgehead atoms. The lowest BCUT2D eigenvalue weighted by atomic mass is 10.2. The zero-order chi connectivity index (χ0) is 21.1. The highest BCUT2D eigenvalue weighted by Gasteiger charge is 2.19. The third kappa shape index (κ3) is 4.12. The first-order chi connectivity index (χ1) is 14.5. The highest BCUT2D eigenvalue weighted by molar-refractivity contribution is 5.96. The summed E-state index contributed by atoms with van der Waals surface area (Å²) in [4.78, 5) is 24.9. The maximum Gasteiger partial charge on any atom is 0.272 e. The summed E-state index contributed by atoms with van der Waals surface area (Å²) >= 11 is 0. The molecule has 1 aliphatic heterocycles. The predicted octanol–water partition coefficient (Wildman–Crippen LogP) is 3.13. The maximum absolute atomic E-state index is 12.7. The van der Waals surface area contributed by atoms with Gasteiger partial charge in [0.25, 0.3) is 5.91 Å². The minimum atomic E-state index is -0.345. The number of amides is 2. The molecule has 0 saturated carbocycles. The molecule has 0 spiro atoms. The maximum atomic E-state index is 12.7. The van der Waals surface area contributed by atoms with Gasteiger partial charge in [0.15, 0.2) is 17.2 Å². The molecule has 0 atom stereocenters. The molecule has 2 amide bonds. The van der Waals surface area contributed by atoms with Crippen LogP contribution in [0.1, 0.15) is 29.9 Å². The minimum Gasteiger partial charge on any atom is -0.454 e. The molecule has 0 unspecified atom stereocenters. The van der Waals surface area contributed by atoms with E-state index >= 15 is 0 Å². The van der Waals surface area contributed by atoms with E-state index in [4.69, 9.17) is 9.47 Å². The molecule has 8 heteroatoms. The lowest BCUT2D eigenvalue weighted by Crippen LogP contribution is -2.23. The summed E-state index contributed by atoms with van der Waals surface area (Å²) in [5.74, 6) is 1.09. The zero-order valence-electron chi connectivity index (χ0n) is 16.7. The van der Waals surface area contributed by atoms with Crippen LogP contribution < -0.4 is 20.1 Å². The Morgan fingerprint density at radius 2 is 1.83 bits per heavy atom. The van der Waals surface area contributed by atoms with Crippen LogP contribution in [-0.2, 0) is 11.3 Å². The van der Waals surface area contributed by atoms with Crippen molar-refractivity contribution in [3.05, 3.63) is 65.9 Å². The van der Waals surface area contributed by atoms with Crippen LogP contribution in [0.3, 0.4) is 0 Å². The van der Waals surface area contributed by atoms with Gasteiger partial charge < -0.3 is 20.1 Å². The van der Waals surface area contributed by atoms with Gasteiger partial charge in [-0.05, 0) is 29.8 Å². The van der Waals surface area contributed by atoms with E-state index in [-0.39, 0.29) is 30.2 Å². The summed E-state index contributed by atoms with van der Waals surface area (Å²) in [5.41, 5.74) is 1.83. The fourth-order valence-corrected chi connectivity index (χ4v) is 2.94. The van der Waals surface area contributed by atoms with Gasteiger partial charge in [0.05, 0.1) is 5.69 Å². The molecular formula is C22H22N4O4. The Bertz CT molecular complexity index is 1080. The summed E-state index contributed by atoms with van der Waals surface area (Å²) < 4.78 is 12.2. The van der Waals surface area contributed by atoms with Crippen LogP contribution in [0.15, 0.2) is 54.6 Å². The minimum absolute atomic E-state index is 0.153. The Morgan fingerprint density at radius 1 is 1.07 bits per heavy atom. The Morgan fingerprint density at radius 3 is 2.60 bits per heavy atom. The molecule has 0 saturated heterocycles. The van der Waals surface area contributed by atoms with Crippen LogP contribution in [0.2, 0.25) is 0 Å². The molecule has 30 heavy (non-hydrogen) atoms. The summed E-state index contributed by atoms with van der Waals surface area (Å²) in [6.45, 7) is 4.11. The van der Waals surface area contributed by atoms with Crippen LogP contribution in [0, 0.1) is 5.92 Å². The number of ether oxygens (including phenoxy) is 2. The number of benzene rings is 2. The van der Waals surface area contributed by atoms with Crippen LogP contribution >= 0.6 is 0 Å². The molecule has 8 nitrogen and oxygen atoms in total. The number of hydrogen-bond donors (Lipinski definition) is 2. The monoisotopic (exact) mass is 406 g/mol. The Balaban J connectivity index is 1.53. The summed E-state index contributed by atoms with van der Waals surface area (Å²) in [7, 11) is 0. The summed E-state index contributed by atoms with van der Waals surface area (Å²) in [5, 5.41) is 10.1. The number of aromatic nitrogens is 2. The van der Waals surface area contributed by atoms with Crippen molar-refractivity contribution in [3.63, 3.8) is 0 Å². The number of nitrogens with zero attached hydrogens (tertiary/aromatic N) is 2. The Labute approximate surface area is 173 Å². The van der Waals surface area contributed by atoms with Crippen molar-refractivity contribution in [2.75, 3.05) is 12.1 Å². The Hall–Kier alpha value is -3.81. The van der Waals surface area contributed by atoms with Gasteiger partial charge in [0.2, 0.25) is 12.7 Å². The number of para-hydroxylation sites is 1. The van der Waals surface area contributed by atoms with Crippen molar-refractivity contribution in [2.24, 2.45) is 5.92 Å². The standard InChI is InChI=1S/C22H22N4O4/c1-14(2)21(27)24-20-11-17(25-26(20)16-6-4-3-5-7-16)22(28)23-12-15-8-9-18-19(10-15)30-13-29-18/h3-11,14H,12-13H2,1-2H3,(H,23,28)(H,24,27). The molecule has 154 valence electrons. The van der Waals surface area contributed by atoms with Gasteiger partial charge in [-0.1, -0.05) is 38.1 Å². The SMILES string of the molecule is CC(C)C(=O)Nc1cc(C(=O)NCc2ccc3c(c2)OCO3)nn1-c1ccccc1.